The van der Waals surface area contributed by atoms with Crippen LogP contribution >= 0.6 is 0 Å². The van der Waals surface area contributed by atoms with Gasteiger partial charge in [-0.1, -0.05) is 172 Å². The highest BCUT2D eigenvalue weighted by atomic mass is 16.3. The highest BCUT2D eigenvalue weighted by Crippen LogP contribution is 2.54. The number of rotatable bonds is 7. The molecule has 2 heteroatoms. The highest BCUT2D eigenvalue weighted by Gasteiger charge is 2.38. The Morgan fingerprint density at radius 2 is 1.20 bits per heavy atom. The zero-order valence-electron chi connectivity index (χ0n) is 31.0. The Kier molecular flexibility index (Phi) is 7.67. The lowest BCUT2D eigenvalue weighted by molar-refractivity contribution is 0.660. The topological polar surface area (TPSA) is 16.4 Å². The van der Waals surface area contributed by atoms with Gasteiger partial charge in [0.1, 0.15) is 11.2 Å². The standard InChI is InChI=1S/C53H39NO/c1-4-5-19-40(34-38-18-13-25-46-47-33-30-36-16-7-9-21-43(36)52(47)55-51(38)46)54(49-27-14-24-45-44-22-10-11-26-48(44)53(2,3)50(45)49)39-31-28-37(29-32-39)42-23-12-17-35-15-6-8-20-41(35)42/h4-34H,1H2,2-3H3/b19-5-,40-34-. The predicted molar refractivity (Wildman–Crippen MR) is 234 cm³/mol. The third kappa shape index (κ3) is 5.25. The molecule has 1 heterocycles. The van der Waals surface area contributed by atoms with Crippen LogP contribution in [-0.2, 0) is 5.41 Å². The van der Waals surface area contributed by atoms with E-state index in [1.54, 1.807) is 0 Å². The van der Waals surface area contributed by atoms with Gasteiger partial charge in [0.2, 0.25) is 0 Å². The Bertz CT molecular complexity index is 3020. The molecule has 0 aliphatic heterocycles. The summed E-state index contributed by atoms with van der Waals surface area (Å²) < 4.78 is 6.84. The van der Waals surface area contributed by atoms with Gasteiger partial charge in [-0.2, -0.15) is 0 Å². The molecule has 10 rings (SSSR count). The minimum atomic E-state index is -0.225. The number of nitrogens with zero attached hydrogens (tertiary/aromatic N) is 1. The van der Waals surface area contributed by atoms with E-state index in [1.807, 2.05) is 12.2 Å². The maximum absolute atomic E-state index is 6.84. The average molecular weight is 706 g/mol. The van der Waals surface area contributed by atoms with E-state index in [2.05, 4.69) is 201 Å². The zero-order valence-corrected chi connectivity index (χ0v) is 31.0. The number of benzene rings is 8. The summed E-state index contributed by atoms with van der Waals surface area (Å²) in [6.07, 6.45) is 8.30. The van der Waals surface area contributed by atoms with Crippen LogP contribution in [0.5, 0.6) is 0 Å². The fourth-order valence-electron chi connectivity index (χ4n) is 8.87. The van der Waals surface area contributed by atoms with Gasteiger partial charge in [-0.3, -0.25) is 0 Å². The second-order valence-corrected chi connectivity index (χ2v) is 14.9. The Hall–Kier alpha value is -6.90. The molecule has 9 aromatic rings. The molecule has 0 saturated carbocycles. The molecule has 1 aliphatic carbocycles. The lowest BCUT2D eigenvalue weighted by atomic mass is 9.81. The molecule has 0 atom stereocenters. The van der Waals surface area contributed by atoms with Crippen LogP contribution in [0.4, 0.5) is 11.4 Å². The second kappa shape index (κ2) is 12.9. The van der Waals surface area contributed by atoms with Crippen LogP contribution in [0.3, 0.4) is 0 Å². The number of hydrogen-bond acceptors (Lipinski definition) is 2. The lowest BCUT2D eigenvalue weighted by Gasteiger charge is -2.33. The van der Waals surface area contributed by atoms with Gasteiger partial charge < -0.3 is 9.32 Å². The molecular weight excluding hydrogens is 667 g/mol. The van der Waals surface area contributed by atoms with Crippen molar-refractivity contribution in [3.05, 3.63) is 211 Å². The smallest absolute Gasteiger partial charge is 0.143 e. The van der Waals surface area contributed by atoms with E-state index in [0.717, 1.165) is 50.0 Å². The first-order chi connectivity index (χ1) is 27.0. The summed E-state index contributed by atoms with van der Waals surface area (Å²) in [6.45, 7) is 8.78. The van der Waals surface area contributed by atoms with E-state index >= 15 is 0 Å². The number of allylic oxidation sites excluding steroid dienone is 3. The summed E-state index contributed by atoms with van der Waals surface area (Å²) in [5.74, 6) is 0. The summed E-state index contributed by atoms with van der Waals surface area (Å²) in [4.78, 5) is 2.41. The summed E-state index contributed by atoms with van der Waals surface area (Å²) in [5.41, 5.74) is 13.4. The summed E-state index contributed by atoms with van der Waals surface area (Å²) in [6, 6.07) is 59.0. The van der Waals surface area contributed by atoms with Gasteiger partial charge in [0.25, 0.3) is 0 Å². The van der Waals surface area contributed by atoms with Crippen molar-refractivity contribution in [1.82, 2.24) is 0 Å². The number of fused-ring (bicyclic) bond motifs is 9. The molecule has 2 nitrogen and oxygen atoms in total. The van der Waals surface area contributed by atoms with Crippen molar-refractivity contribution in [2.24, 2.45) is 0 Å². The molecule has 0 amide bonds. The van der Waals surface area contributed by atoms with Crippen LogP contribution in [0, 0.1) is 0 Å². The Morgan fingerprint density at radius 3 is 2.04 bits per heavy atom. The van der Waals surface area contributed by atoms with Crippen molar-refractivity contribution in [2.45, 2.75) is 19.3 Å². The summed E-state index contributed by atoms with van der Waals surface area (Å²) in [7, 11) is 0. The zero-order chi connectivity index (χ0) is 37.1. The molecule has 0 spiro atoms. The number of anilines is 2. The van der Waals surface area contributed by atoms with Crippen molar-refractivity contribution in [1.29, 1.82) is 0 Å². The fourth-order valence-corrected chi connectivity index (χ4v) is 8.87. The van der Waals surface area contributed by atoms with Gasteiger partial charge in [0.15, 0.2) is 0 Å². The molecule has 0 N–H and O–H groups in total. The maximum Gasteiger partial charge on any atom is 0.143 e. The van der Waals surface area contributed by atoms with E-state index in [9.17, 15) is 0 Å². The van der Waals surface area contributed by atoms with E-state index < -0.39 is 0 Å². The number of hydrogen-bond donors (Lipinski definition) is 0. The third-order valence-corrected chi connectivity index (χ3v) is 11.4. The molecule has 1 aromatic heterocycles. The molecule has 0 fully saturated rings. The Labute approximate surface area is 321 Å². The van der Waals surface area contributed by atoms with Crippen LogP contribution in [0.25, 0.3) is 71.8 Å². The van der Waals surface area contributed by atoms with Crippen LogP contribution in [0.15, 0.2) is 199 Å². The quantitative estimate of drug-likeness (QED) is 0.154. The number of furan rings is 1. The van der Waals surface area contributed by atoms with Gasteiger partial charge in [0.05, 0.1) is 5.69 Å². The molecule has 0 unspecified atom stereocenters. The highest BCUT2D eigenvalue weighted by molar-refractivity contribution is 6.16. The molecule has 0 radical (unpaired) electrons. The molecule has 1 aliphatic rings. The summed E-state index contributed by atoms with van der Waals surface area (Å²) in [5, 5.41) is 6.99. The normalized spacial score (nSPS) is 13.5. The van der Waals surface area contributed by atoms with Gasteiger partial charge in [-0.15, -0.1) is 0 Å². The first kappa shape index (κ1) is 32.7. The fraction of sp³-hybridized carbons (Fsp3) is 0.0566. The van der Waals surface area contributed by atoms with Crippen molar-refractivity contribution >= 4 is 60.9 Å². The van der Waals surface area contributed by atoms with Crippen LogP contribution in [0.1, 0.15) is 30.5 Å². The van der Waals surface area contributed by atoms with Gasteiger partial charge in [0, 0.05) is 38.5 Å². The molecule has 262 valence electrons. The van der Waals surface area contributed by atoms with E-state index in [-0.39, 0.29) is 5.41 Å². The molecule has 55 heavy (non-hydrogen) atoms. The van der Waals surface area contributed by atoms with Crippen molar-refractivity contribution < 1.29 is 4.42 Å². The van der Waals surface area contributed by atoms with E-state index in [1.165, 1.54) is 49.5 Å². The Morgan fingerprint density at radius 1 is 0.564 bits per heavy atom. The lowest BCUT2D eigenvalue weighted by Crippen LogP contribution is -2.22. The third-order valence-electron chi connectivity index (χ3n) is 11.4. The van der Waals surface area contributed by atoms with Crippen molar-refractivity contribution in [3.63, 3.8) is 0 Å². The van der Waals surface area contributed by atoms with Gasteiger partial charge >= 0.3 is 0 Å². The number of para-hydroxylation sites is 1. The monoisotopic (exact) mass is 705 g/mol. The predicted octanol–water partition coefficient (Wildman–Crippen LogP) is 14.8. The maximum atomic E-state index is 6.84. The second-order valence-electron chi connectivity index (χ2n) is 14.9. The summed E-state index contributed by atoms with van der Waals surface area (Å²) >= 11 is 0. The Balaban J connectivity index is 1.21. The molecule has 8 aromatic carbocycles. The van der Waals surface area contributed by atoms with Crippen LogP contribution in [-0.4, -0.2) is 0 Å². The van der Waals surface area contributed by atoms with Gasteiger partial charge in [-0.25, -0.2) is 0 Å². The minimum Gasteiger partial charge on any atom is -0.455 e. The van der Waals surface area contributed by atoms with E-state index in [4.69, 9.17) is 4.42 Å². The first-order valence-corrected chi connectivity index (χ1v) is 19.0. The van der Waals surface area contributed by atoms with E-state index in [0.29, 0.717) is 0 Å². The largest absolute Gasteiger partial charge is 0.455 e. The minimum absolute atomic E-state index is 0.225. The molecular formula is C53H39NO. The van der Waals surface area contributed by atoms with Crippen molar-refractivity contribution in [2.75, 3.05) is 4.90 Å². The molecule has 0 bridgehead atoms. The van der Waals surface area contributed by atoms with Crippen molar-refractivity contribution in [3.8, 4) is 22.3 Å². The SMILES string of the molecule is C=C/C=C\C(=C\c1cccc2c1oc1c3ccccc3ccc21)N(c1ccc(-c2cccc3ccccc23)cc1)c1cccc2c1C(C)(C)c1ccccc1-2. The van der Waals surface area contributed by atoms with Crippen LogP contribution in [0.2, 0.25) is 0 Å². The molecule has 0 saturated heterocycles. The average Bonchev–Trinajstić information content (AvgIpc) is 3.73. The van der Waals surface area contributed by atoms with Crippen LogP contribution < -0.4 is 4.90 Å². The first-order valence-electron chi connectivity index (χ1n) is 19.0. The van der Waals surface area contributed by atoms with Gasteiger partial charge in [-0.05, 0) is 86.0 Å².